The van der Waals surface area contributed by atoms with Crippen molar-refractivity contribution in [2.45, 2.75) is 77.1 Å². The van der Waals surface area contributed by atoms with E-state index in [1.807, 2.05) is 47.4 Å². The molecule has 1 unspecified atom stereocenters. The quantitative estimate of drug-likeness (QED) is 0.496. The Morgan fingerprint density at radius 3 is 2.22 bits per heavy atom. The summed E-state index contributed by atoms with van der Waals surface area (Å²) in [6, 6.07) is 17.4. The number of likely N-dealkylation sites (tertiary alicyclic amines) is 1. The van der Waals surface area contributed by atoms with E-state index in [1.54, 1.807) is 0 Å². The predicted molar refractivity (Wildman–Crippen MR) is 149 cm³/mol. The number of unbranched alkanes of at least 4 members (excludes halogenated alkanes) is 1. The highest BCUT2D eigenvalue weighted by molar-refractivity contribution is 6.00. The van der Waals surface area contributed by atoms with Crippen molar-refractivity contribution in [2.24, 2.45) is 5.92 Å². The summed E-state index contributed by atoms with van der Waals surface area (Å²) in [6.45, 7) is 9.29. The van der Waals surface area contributed by atoms with Gasteiger partial charge in [0.05, 0.1) is 0 Å². The van der Waals surface area contributed by atoms with Gasteiger partial charge in [0, 0.05) is 26.2 Å². The fourth-order valence-electron chi connectivity index (χ4n) is 5.62. The van der Waals surface area contributed by atoms with Gasteiger partial charge in [0.2, 0.25) is 11.8 Å². The zero-order valence-electron chi connectivity index (χ0n) is 22.4. The molecule has 2 amide bonds. The number of piperidine rings is 1. The van der Waals surface area contributed by atoms with Crippen LogP contribution in [0.25, 0.3) is 0 Å². The highest BCUT2D eigenvalue weighted by Crippen LogP contribution is 2.35. The molecule has 2 fully saturated rings. The first-order chi connectivity index (χ1) is 17.3. The summed E-state index contributed by atoms with van der Waals surface area (Å²) in [5.41, 5.74) is 2.22. The average Bonchev–Trinajstić information content (AvgIpc) is 2.89. The largest absolute Gasteiger partial charge is 0.384 e. The third-order valence-corrected chi connectivity index (χ3v) is 7.75. The van der Waals surface area contributed by atoms with Crippen LogP contribution in [0.1, 0.15) is 75.7 Å². The minimum Gasteiger partial charge on any atom is -0.384 e. The van der Waals surface area contributed by atoms with Gasteiger partial charge >= 0.3 is 0 Å². The molecule has 202 valence electrons. The lowest BCUT2D eigenvalue weighted by molar-refractivity contribution is -0.161. The molecule has 2 heterocycles. The molecule has 2 aromatic rings. The minimum atomic E-state index is -0.722. The number of aliphatic hydroxyl groups is 1. The third-order valence-electron chi connectivity index (χ3n) is 7.75. The summed E-state index contributed by atoms with van der Waals surface area (Å²) in [7, 11) is 0. The maximum Gasteiger partial charge on any atom is 0.246 e. The summed E-state index contributed by atoms with van der Waals surface area (Å²) in [4.78, 5) is 31.1. The standard InChI is InChI=1S/C30H41N3O3.ClH/c1-4-5-17-33-28(35)26(20-22(2)3)31-29(36)30(33)15-18-32(19-16-30)21-23-11-13-25(14-12-23)27(34)24-9-7-6-8-10-24;/h6-14,22,26-27,34H,4-5,15-21H2,1-3H3,(H,31,36);1H/t26-,27?;/m0./s1. The van der Waals surface area contributed by atoms with Crippen LogP contribution in [0.3, 0.4) is 0 Å². The molecular formula is C30H42ClN3O3. The van der Waals surface area contributed by atoms with Gasteiger partial charge in [-0.25, -0.2) is 0 Å². The summed E-state index contributed by atoms with van der Waals surface area (Å²) in [5, 5.41) is 13.8. The number of carbonyl (C=O) groups is 2. The molecule has 1 spiro atoms. The van der Waals surface area contributed by atoms with Crippen LogP contribution < -0.4 is 5.32 Å². The Morgan fingerprint density at radius 2 is 1.62 bits per heavy atom. The molecule has 2 aliphatic rings. The Balaban J connectivity index is 0.00000380. The molecule has 6 nitrogen and oxygen atoms in total. The molecule has 4 rings (SSSR count). The Morgan fingerprint density at radius 1 is 1.00 bits per heavy atom. The number of hydrogen-bond acceptors (Lipinski definition) is 4. The number of hydrogen-bond donors (Lipinski definition) is 2. The number of halogens is 1. The van der Waals surface area contributed by atoms with Crippen molar-refractivity contribution in [2.75, 3.05) is 19.6 Å². The van der Waals surface area contributed by atoms with E-state index >= 15 is 0 Å². The fourth-order valence-corrected chi connectivity index (χ4v) is 5.62. The first-order valence-electron chi connectivity index (χ1n) is 13.5. The number of rotatable bonds is 9. The number of aliphatic hydroxyl groups excluding tert-OH is 1. The van der Waals surface area contributed by atoms with Crippen LogP contribution >= 0.6 is 12.4 Å². The van der Waals surface area contributed by atoms with Gasteiger partial charge < -0.3 is 15.3 Å². The number of benzene rings is 2. The lowest BCUT2D eigenvalue weighted by Crippen LogP contribution is -2.73. The van der Waals surface area contributed by atoms with Crippen molar-refractivity contribution < 1.29 is 14.7 Å². The van der Waals surface area contributed by atoms with Gasteiger partial charge in [-0.2, -0.15) is 0 Å². The van der Waals surface area contributed by atoms with E-state index in [0.717, 1.165) is 43.6 Å². The van der Waals surface area contributed by atoms with Gasteiger partial charge in [0.15, 0.2) is 0 Å². The van der Waals surface area contributed by atoms with Gasteiger partial charge in [-0.1, -0.05) is 81.8 Å². The molecule has 2 aliphatic heterocycles. The number of carbonyl (C=O) groups excluding carboxylic acids is 2. The molecule has 2 aromatic carbocycles. The van der Waals surface area contributed by atoms with Crippen LogP contribution in [0, 0.1) is 5.92 Å². The molecule has 37 heavy (non-hydrogen) atoms. The van der Waals surface area contributed by atoms with Crippen LogP contribution in [0.2, 0.25) is 0 Å². The normalized spacial score (nSPS) is 20.6. The molecule has 2 saturated heterocycles. The summed E-state index contributed by atoms with van der Waals surface area (Å²) in [6.07, 6.45) is 3.29. The van der Waals surface area contributed by atoms with E-state index in [9.17, 15) is 14.7 Å². The monoisotopic (exact) mass is 527 g/mol. The van der Waals surface area contributed by atoms with Crippen LogP contribution in [0.5, 0.6) is 0 Å². The zero-order valence-corrected chi connectivity index (χ0v) is 23.2. The van der Waals surface area contributed by atoms with Gasteiger partial charge in [0.1, 0.15) is 17.7 Å². The molecule has 0 radical (unpaired) electrons. The van der Waals surface area contributed by atoms with Crippen LogP contribution in [-0.2, 0) is 16.1 Å². The van der Waals surface area contributed by atoms with Crippen molar-refractivity contribution >= 4 is 24.2 Å². The molecule has 2 atom stereocenters. The van der Waals surface area contributed by atoms with Gasteiger partial charge in [0.25, 0.3) is 0 Å². The molecule has 0 aromatic heterocycles. The van der Waals surface area contributed by atoms with E-state index in [-0.39, 0.29) is 24.2 Å². The lowest BCUT2D eigenvalue weighted by atomic mass is 9.80. The molecule has 0 saturated carbocycles. The number of amides is 2. The second kappa shape index (κ2) is 12.9. The fraction of sp³-hybridized carbons (Fsp3) is 0.533. The molecular weight excluding hydrogens is 486 g/mol. The van der Waals surface area contributed by atoms with E-state index in [2.05, 4.69) is 43.1 Å². The first kappa shape index (κ1) is 29.2. The van der Waals surface area contributed by atoms with E-state index in [0.29, 0.717) is 31.7 Å². The molecule has 7 heteroatoms. The van der Waals surface area contributed by atoms with E-state index in [1.165, 1.54) is 5.56 Å². The number of piperazine rings is 1. The highest BCUT2D eigenvalue weighted by Gasteiger charge is 2.53. The third kappa shape index (κ3) is 6.54. The van der Waals surface area contributed by atoms with Crippen LogP contribution in [0.4, 0.5) is 0 Å². The molecule has 2 N–H and O–H groups in total. The maximum absolute atomic E-state index is 13.4. The van der Waals surface area contributed by atoms with Gasteiger partial charge in [-0.3, -0.25) is 14.5 Å². The highest BCUT2D eigenvalue weighted by atomic mass is 35.5. The maximum atomic E-state index is 13.4. The second-order valence-electron chi connectivity index (χ2n) is 10.9. The minimum absolute atomic E-state index is 0. The summed E-state index contributed by atoms with van der Waals surface area (Å²) < 4.78 is 0. The van der Waals surface area contributed by atoms with E-state index < -0.39 is 17.7 Å². The second-order valence-corrected chi connectivity index (χ2v) is 10.9. The van der Waals surface area contributed by atoms with Crippen molar-refractivity contribution in [3.63, 3.8) is 0 Å². The SMILES string of the molecule is CCCCN1C(=O)[C@H](CC(C)C)NC(=O)C12CCN(Cc1ccc(C(O)c3ccccc3)cc1)CC2.Cl. The topological polar surface area (TPSA) is 72.9 Å². The zero-order chi connectivity index (χ0) is 25.7. The Kier molecular flexibility index (Phi) is 10.2. The van der Waals surface area contributed by atoms with Gasteiger partial charge in [-0.15, -0.1) is 12.4 Å². The number of nitrogens with zero attached hydrogens (tertiary/aromatic N) is 2. The number of nitrogens with one attached hydrogen (secondary N) is 1. The predicted octanol–water partition coefficient (Wildman–Crippen LogP) is 4.70. The Hall–Kier alpha value is -2.41. The van der Waals surface area contributed by atoms with Crippen molar-refractivity contribution in [3.05, 3.63) is 71.3 Å². The van der Waals surface area contributed by atoms with Crippen molar-refractivity contribution in [1.82, 2.24) is 15.1 Å². The van der Waals surface area contributed by atoms with Gasteiger partial charge in [-0.05, 0) is 48.3 Å². The Labute approximate surface area is 227 Å². The smallest absolute Gasteiger partial charge is 0.246 e. The van der Waals surface area contributed by atoms with Crippen molar-refractivity contribution in [1.29, 1.82) is 0 Å². The van der Waals surface area contributed by atoms with E-state index in [4.69, 9.17) is 0 Å². The molecule has 0 bridgehead atoms. The average molecular weight is 528 g/mol. The first-order valence-corrected chi connectivity index (χ1v) is 13.5. The summed E-state index contributed by atoms with van der Waals surface area (Å²) >= 11 is 0. The van der Waals surface area contributed by atoms with Crippen LogP contribution in [-0.4, -0.2) is 57.9 Å². The van der Waals surface area contributed by atoms with Crippen LogP contribution in [0.15, 0.2) is 54.6 Å². The molecule has 0 aliphatic carbocycles. The summed E-state index contributed by atoms with van der Waals surface area (Å²) in [5.74, 6) is 0.476. The Bertz CT molecular complexity index is 1020. The lowest BCUT2D eigenvalue weighted by Gasteiger charge is -2.52. The van der Waals surface area contributed by atoms with Crippen molar-refractivity contribution in [3.8, 4) is 0 Å².